The average Bonchev–Trinajstić information content (AvgIpc) is 2.51. The van der Waals surface area contributed by atoms with Crippen molar-refractivity contribution in [3.05, 3.63) is 29.1 Å². The maximum atomic E-state index is 12.2. The van der Waals surface area contributed by atoms with Gasteiger partial charge in [0, 0.05) is 36.5 Å². The Balaban J connectivity index is 1.81. The third-order valence-electron chi connectivity index (χ3n) is 4.36. The molecule has 120 valence electrons. The molecular formula is C17H25N3O2. The highest BCUT2D eigenvalue weighted by molar-refractivity contribution is 5.94. The molecule has 2 rings (SSSR count). The standard InChI is InChI=1S/C17H25N3O2/c1-11-8-15(9-12(2)20-11)17(22)19-10-13-4-6-14(7-5-13)16(21)18-3/h8-9,13-14H,4-7,10H2,1-3H3,(H,18,21)(H,19,22). The molecular weight excluding hydrogens is 278 g/mol. The van der Waals surface area contributed by atoms with E-state index in [2.05, 4.69) is 15.6 Å². The van der Waals surface area contributed by atoms with Gasteiger partial charge in [-0.2, -0.15) is 0 Å². The molecule has 1 fully saturated rings. The van der Waals surface area contributed by atoms with Gasteiger partial charge in [0.05, 0.1) is 0 Å². The van der Waals surface area contributed by atoms with Crippen LogP contribution in [0.15, 0.2) is 12.1 Å². The van der Waals surface area contributed by atoms with E-state index in [-0.39, 0.29) is 17.7 Å². The number of rotatable bonds is 4. The Morgan fingerprint density at radius 3 is 2.27 bits per heavy atom. The highest BCUT2D eigenvalue weighted by atomic mass is 16.2. The number of amides is 2. The monoisotopic (exact) mass is 303 g/mol. The second kappa shape index (κ2) is 7.38. The molecule has 5 nitrogen and oxygen atoms in total. The van der Waals surface area contributed by atoms with Crippen LogP contribution in [0.4, 0.5) is 0 Å². The van der Waals surface area contributed by atoms with E-state index in [4.69, 9.17) is 0 Å². The number of pyridine rings is 1. The van der Waals surface area contributed by atoms with Crippen molar-refractivity contribution in [1.82, 2.24) is 15.6 Å². The Bertz CT molecular complexity index is 529. The Morgan fingerprint density at radius 2 is 1.73 bits per heavy atom. The lowest BCUT2D eigenvalue weighted by atomic mass is 9.81. The van der Waals surface area contributed by atoms with E-state index >= 15 is 0 Å². The quantitative estimate of drug-likeness (QED) is 0.893. The van der Waals surface area contributed by atoms with Gasteiger partial charge in [-0.05, 0) is 57.6 Å². The molecule has 0 bridgehead atoms. The fraction of sp³-hybridized carbons (Fsp3) is 0.588. The van der Waals surface area contributed by atoms with E-state index in [1.54, 1.807) is 7.05 Å². The second-order valence-corrected chi connectivity index (χ2v) is 6.18. The van der Waals surface area contributed by atoms with Gasteiger partial charge >= 0.3 is 0 Å². The van der Waals surface area contributed by atoms with Crippen LogP contribution in [0.3, 0.4) is 0 Å². The zero-order valence-electron chi connectivity index (χ0n) is 13.6. The van der Waals surface area contributed by atoms with Crippen LogP contribution in [0.5, 0.6) is 0 Å². The van der Waals surface area contributed by atoms with Gasteiger partial charge in [-0.25, -0.2) is 0 Å². The summed E-state index contributed by atoms with van der Waals surface area (Å²) in [5, 5.41) is 5.73. The summed E-state index contributed by atoms with van der Waals surface area (Å²) in [5.41, 5.74) is 2.39. The van der Waals surface area contributed by atoms with Gasteiger partial charge in [-0.15, -0.1) is 0 Å². The number of aromatic nitrogens is 1. The number of carbonyl (C=O) groups excluding carboxylic acids is 2. The molecule has 1 aromatic heterocycles. The van der Waals surface area contributed by atoms with Gasteiger partial charge < -0.3 is 10.6 Å². The first-order chi connectivity index (χ1) is 10.5. The maximum Gasteiger partial charge on any atom is 0.251 e. The van der Waals surface area contributed by atoms with Crippen LogP contribution in [-0.4, -0.2) is 30.4 Å². The maximum absolute atomic E-state index is 12.2. The highest BCUT2D eigenvalue weighted by Crippen LogP contribution is 2.28. The average molecular weight is 303 g/mol. The van der Waals surface area contributed by atoms with Gasteiger partial charge in [0.2, 0.25) is 5.91 Å². The first-order valence-corrected chi connectivity index (χ1v) is 7.94. The van der Waals surface area contributed by atoms with Crippen LogP contribution in [0.25, 0.3) is 0 Å². The predicted molar refractivity (Wildman–Crippen MR) is 85.6 cm³/mol. The summed E-state index contributed by atoms with van der Waals surface area (Å²) < 4.78 is 0. The van der Waals surface area contributed by atoms with Crippen LogP contribution in [-0.2, 0) is 4.79 Å². The molecule has 0 aromatic carbocycles. The lowest BCUT2D eigenvalue weighted by Crippen LogP contribution is -2.35. The molecule has 0 saturated heterocycles. The molecule has 0 radical (unpaired) electrons. The number of nitrogens with zero attached hydrogens (tertiary/aromatic N) is 1. The van der Waals surface area contributed by atoms with E-state index in [1.807, 2.05) is 26.0 Å². The van der Waals surface area contributed by atoms with Crippen molar-refractivity contribution in [3.8, 4) is 0 Å². The number of carbonyl (C=O) groups is 2. The number of hydrogen-bond acceptors (Lipinski definition) is 3. The van der Waals surface area contributed by atoms with Crippen LogP contribution < -0.4 is 10.6 Å². The van der Waals surface area contributed by atoms with Crippen molar-refractivity contribution in [1.29, 1.82) is 0 Å². The number of aryl methyl sites for hydroxylation is 2. The minimum absolute atomic E-state index is 0.0398. The van der Waals surface area contributed by atoms with Crippen molar-refractivity contribution >= 4 is 11.8 Å². The summed E-state index contributed by atoms with van der Waals surface area (Å²) in [6, 6.07) is 3.62. The molecule has 22 heavy (non-hydrogen) atoms. The SMILES string of the molecule is CNC(=O)C1CCC(CNC(=O)c2cc(C)nc(C)c2)CC1. The van der Waals surface area contributed by atoms with E-state index in [0.29, 0.717) is 18.0 Å². The number of nitrogens with one attached hydrogen (secondary N) is 2. The van der Waals surface area contributed by atoms with Crippen LogP contribution in [0.1, 0.15) is 47.4 Å². The Hall–Kier alpha value is -1.91. The van der Waals surface area contributed by atoms with Crippen molar-refractivity contribution in [2.45, 2.75) is 39.5 Å². The topological polar surface area (TPSA) is 71.1 Å². The molecule has 1 aliphatic rings. The zero-order valence-corrected chi connectivity index (χ0v) is 13.6. The molecule has 0 atom stereocenters. The van der Waals surface area contributed by atoms with Crippen molar-refractivity contribution < 1.29 is 9.59 Å². The van der Waals surface area contributed by atoms with E-state index < -0.39 is 0 Å². The normalized spacial score (nSPS) is 21.2. The van der Waals surface area contributed by atoms with E-state index in [0.717, 1.165) is 37.1 Å². The summed E-state index contributed by atoms with van der Waals surface area (Å²) in [4.78, 5) is 28.1. The third-order valence-corrected chi connectivity index (χ3v) is 4.36. The smallest absolute Gasteiger partial charge is 0.251 e. The Kier molecular flexibility index (Phi) is 5.52. The van der Waals surface area contributed by atoms with Crippen LogP contribution >= 0.6 is 0 Å². The Labute approximate surface area is 131 Å². The van der Waals surface area contributed by atoms with E-state index in [1.165, 1.54) is 0 Å². The first-order valence-electron chi connectivity index (χ1n) is 7.94. The minimum atomic E-state index is -0.0398. The van der Waals surface area contributed by atoms with Gasteiger partial charge in [0.1, 0.15) is 0 Å². The molecule has 0 aliphatic heterocycles. The highest BCUT2D eigenvalue weighted by Gasteiger charge is 2.25. The largest absolute Gasteiger partial charge is 0.359 e. The lowest BCUT2D eigenvalue weighted by Gasteiger charge is -2.27. The Morgan fingerprint density at radius 1 is 1.14 bits per heavy atom. The van der Waals surface area contributed by atoms with Crippen LogP contribution in [0.2, 0.25) is 0 Å². The first kappa shape index (κ1) is 16.5. The van der Waals surface area contributed by atoms with Crippen molar-refractivity contribution in [2.75, 3.05) is 13.6 Å². The summed E-state index contributed by atoms with van der Waals surface area (Å²) in [5.74, 6) is 0.712. The van der Waals surface area contributed by atoms with Crippen LogP contribution in [0, 0.1) is 25.7 Å². The summed E-state index contributed by atoms with van der Waals surface area (Å²) in [7, 11) is 1.69. The lowest BCUT2D eigenvalue weighted by molar-refractivity contribution is -0.125. The molecule has 1 aromatic rings. The summed E-state index contributed by atoms with van der Waals surface area (Å²) >= 11 is 0. The molecule has 0 spiro atoms. The van der Waals surface area contributed by atoms with E-state index in [9.17, 15) is 9.59 Å². The predicted octanol–water partition coefficient (Wildman–Crippen LogP) is 1.98. The molecule has 2 N–H and O–H groups in total. The fourth-order valence-corrected chi connectivity index (χ4v) is 3.14. The molecule has 5 heteroatoms. The second-order valence-electron chi connectivity index (χ2n) is 6.18. The van der Waals surface area contributed by atoms with Crippen molar-refractivity contribution in [3.63, 3.8) is 0 Å². The van der Waals surface area contributed by atoms with Crippen molar-refractivity contribution in [2.24, 2.45) is 11.8 Å². The zero-order chi connectivity index (χ0) is 16.1. The fourth-order valence-electron chi connectivity index (χ4n) is 3.14. The van der Waals surface area contributed by atoms with Gasteiger partial charge in [0.15, 0.2) is 0 Å². The molecule has 1 saturated carbocycles. The summed E-state index contributed by atoms with van der Waals surface area (Å²) in [6.45, 7) is 4.47. The minimum Gasteiger partial charge on any atom is -0.359 e. The van der Waals surface area contributed by atoms with Gasteiger partial charge in [-0.3, -0.25) is 14.6 Å². The third kappa shape index (κ3) is 4.29. The van der Waals surface area contributed by atoms with Gasteiger partial charge in [-0.1, -0.05) is 0 Å². The molecule has 1 aliphatic carbocycles. The molecule has 2 amide bonds. The summed E-state index contributed by atoms with van der Waals surface area (Å²) in [6.07, 6.45) is 3.81. The molecule has 0 unspecified atom stereocenters. The van der Waals surface area contributed by atoms with Gasteiger partial charge in [0.25, 0.3) is 5.91 Å². The molecule has 1 heterocycles. The number of hydrogen-bond donors (Lipinski definition) is 2.